The van der Waals surface area contributed by atoms with E-state index >= 15 is 0 Å². The van der Waals surface area contributed by atoms with Crippen molar-refractivity contribution in [3.8, 4) is 5.75 Å². The summed E-state index contributed by atoms with van der Waals surface area (Å²) in [5, 5.41) is 0. The van der Waals surface area contributed by atoms with E-state index in [1.165, 1.54) is 16.7 Å². The normalized spacial score (nSPS) is 17.1. The Bertz CT molecular complexity index is 635. The van der Waals surface area contributed by atoms with Crippen LogP contribution >= 0.6 is 0 Å². The summed E-state index contributed by atoms with van der Waals surface area (Å²) in [4.78, 5) is 0. The van der Waals surface area contributed by atoms with Crippen molar-refractivity contribution in [2.45, 2.75) is 12.3 Å². The highest BCUT2D eigenvalue weighted by atomic mass is 16.5. The van der Waals surface area contributed by atoms with Crippen molar-refractivity contribution in [1.82, 2.24) is 0 Å². The van der Waals surface area contributed by atoms with E-state index in [1.54, 1.807) is 7.11 Å². The highest BCUT2D eigenvalue weighted by Gasteiger charge is 2.25. The first kappa shape index (κ1) is 12.7. The van der Waals surface area contributed by atoms with Crippen LogP contribution < -0.4 is 4.74 Å². The molecular weight excluding hydrogens is 244 g/mol. The van der Waals surface area contributed by atoms with Gasteiger partial charge in [0.2, 0.25) is 0 Å². The SMILES string of the molecule is C=C(C1=CCC1c1ccc(OC)cc1)c1ccccc1. The van der Waals surface area contributed by atoms with Crippen molar-refractivity contribution in [2.75, 3.05) is 7.11 Å². The zero-order valence-electron chi connectivity index (χ0n) is 11.7. The molecule has 1 aliphatic carbocycles. The second kappa shape index (κ2) is 5.38. The number of benzene rings is 2. The highest BCUT2D eigenvalue weighted by Crippen LogP contribution is 2.43. The fourth-order valence-electron chi connectivity index (χ4n) is 2.64. The molecule has 2 aromatic carbocycles. The first-order valence-electron chi connectivity index (χ1n) is 6.88. The first-order chi connectivity index (χ1) is 9.79. The molecule has 100 valence electrons. The van der Waals surface area contributed by atoms with Gasteiger partial charge in [0.1, 0.15) is 5.75 Å². The molecule has 1 nitrogen and oxygen atoms in total. The molecule has 1 heteroatoms. The van der Waals surface area contributed by atoms with E-state index in [1.807, 2.05) is 18.2 Å². The maximum Gasteiger partial charge on any atom is 0.118 e. The summed E-state index contributed by atoms with van der Waals surface area (Å²) in [5.41, 5.74) is 5.02. The third-order valence-corrected chi connectivity index (χ3v) is 3.94. The minimum Gasteiger partial charge on any atom is -0.497 e. The number of rotatable bonds is 4. The Kier molecular flexibility index (Phi) is 3.42. The summed E-state index contributed by atoms with van der Waals surface area (Å²) < 4.78 is 5.21. The van der Waals surface area contributed by atoms with Crippen LogP contribution in [0.4, 0.5) is 0 Å². The Balaban J connectivity index is 1.81. The second-order valence-corrected chi connectivity index (χ2v) is 5.07. The Morgan fingerprint density at radius 1 is 1.05 bits per heavy atom. The maximum absolute atomic E-state index is 5.21. The average Bonchev–Trinajstić information content (AvgIpc) is 2.48. The zero-order chi connectivity index (χ0) is 13.9. The monoisotopic (exact) mass is 262 g/mol. The van der Waals surface area contributed by atoms with Crippen LogP contribution in [-0.2, 0) is 0 Å². The van der Waals surface area contributed by atoms with Gasteiger partial charge in [-0.1, -0.05) is 55.1 Å². The van der Waals surface area contributed by atoms with Crippen LogP contribution in [0.1, 0.15) is 23.5 Å². The van der Waals surface area contributed by atoms with Crippen LogP contribution in [0.2, 0.25) is 0 Å². The van der Waals surface area contributed by atoms with E-state index in [0.29, 0.717) is 5.92 Å². The molecule has 2 aromatic rings. The van der Waals surface area contributed by atoms with Gasteiger partial charge in [-0.15, -0.1) is 0 Å². The highest BCUT2D eigenvalue weighted by molar-refractivity contribution is 5.81. The van der Waals surface area contributed by atoms with E-state index in [0.717, 1.165) is 17.7 Å². The van der Waals surface area contributed by atoms with Crippen molar-refractivity contribution in [1.29, 1.82) is 0 Å². The molecule has 0 fully saturated rings. The predicted octanol–water partition coefficient (Wildman–Crippen LogP) is 4.82. The second-order valence-electron chi connectivity index (χ2n) is 5.07. The Labute approximate surface area is 120 Å². The topological polar surface area (TPSA) is 9.23 Å². The lowest BCUT2D eigenvalue weighted by Gasteiger charge is -2.29. The van der Waals surface area contributed by atoms with E-state index in [2.05, 4.69) is 49.1 Å². The number of hydrogen-bond donors (Lipinski definition) is 0. The fraction of sp³-hybridized carbons (Fsp3) is 0.158. The summed E-state index contributed by atoms with van der Waals surface area (Å²) in [6.07, 6.45) is 3.37. The minimum absolute atomic E-state index is 0.466. The maximum atomic E-state index is 5.21. The van der Waals surface area contributed by atoms with Crippen LogP contribution in [0.25, 0.3) is 5.57 Å². The van der Waals surface area contributed by atoms with Crippen LogP contribution in [0.5, 0.6) is 5.75 Å². The molecule has 20 heavy (non-hydrogen) atoms. The Morgan fingerprint density at radius 2 is 1.75 bits per heavy atom. The minimum atomic E-state index is 0.466. The van der Waals surface area contributed by atoms with Gasteiger partial charge in [0.15, 0.2) is 0 Å². The Hall–Kier alpha value is -2.28. The Morgan fingerprint density at radius 3 is 2.30 bits per heavy atom. The van der Waals surface area contributed by atoms with Gasteiger partial charge in [-0.2, -0.15) is 0 Å². The quantitative estimate of drug-likeness (QED) is 0.767. The van der Waals surface area contributed by atoms with Crippen LogP contribution in [0.15, 0.2) is 72.8 Å². The van der Waals surface area contributed by atoms with Gasteiger partial charge in [-0.3, -0.25) is 0 Å². The lowest BCUT2D eigenvalue weighted by Crippen LogP contribution is -2.11. The number of hydrogen-bond acceptors (Lipinski definition) is 1. The van der Waals surface area contributed by atoms with Crippen molar-refractivity contribution < 1.29 is 4.74 Å². The van der Waals surface area contributed by atoms with Crippen molar-refractivity contribution in [3.63, 3.8) is 0 Å². The molecule has 0 radical (unpaired) electrons. The fourth-order valence-corrected chi connectivity index (χ4v) is 2.64. The summed E-state index contributed by atoms with van der Waals surface area (Å²) in [6.45, 7) is 4.26. The van der Waals surface area contributed by atoms with Crippen molar-refractivity contribution in [2.24, 2.45) is 0 Å². The van der Waals surface area contributed by atoms with Crippen LogP contribution in [0.3, 0.4) is 0 Å². The lowest BCUT2D eigenvalue weighted by atomic mass is 9.75. The van der Waals surface area contributed by atoms with Crippen molar-refractivity contribution >= 4 is 5.57 Å². The van der Waals surface area contributed by atoms with Gasteiger partial charge in [0, 0.05) is 5.92 Å². The summed E-state index contributed by atoms with van der Waals surface area (Å²) in [5.74, 6) is 1.37. The van der Waals surface area contributed by atoms with Crippen LogP contribution in [-0.4, -0.2) is 7.11 Å². The summed E-state index contributed by atoms with van der Waals surface area (Å²) in [6, 6.07) is 18.7. The zero-order valence-corrected chi connectivity index (χ0v) is 11.7. The molecule has 1 unspecified atom stereocenters. The third kappa shape index (κ3) is 2.27. The van der Waals surface area contributed by atoms with Gasteiger partial charge in [0.25, 0.3) is 0 Å². The number of allylic oxidation sites excluding steroid dienone is 3. The molecule has 3 rings (SSSR count). The van der Waals surface area contributed by atoms with Crippen LogP contribution in [0, 0.1) is 0 Å². The van der Waals surface area contributed by atoms with Gasteiger partial charge in [-0.25, -0.2) is 0 Å². The van der Waals surface area contributed by atoms with E-state index < -0.39 is 0 Å². The third-order valence-electron chi connectivity index (χ3n) is 3.94. The van der Waals surface area contributed by atoms with Gasteiger partial charge in [-0.05, 0) is 40.8 Å². The molecule has 1 aliphatic rings. The molecule has 1 atom stereocenters. The molecule has 0 aromatic heterocycles. The van der Waals surface area contributed by atoms with E-state index in [9.17, 15) is 0 Å². The molecule has 0 bridgehead atoms. The lowest BCUT2D eigenvalue weighted by molar-refractivity contribution is 0.414. The molecule has 0 N–H and O–H groups in total. The molecule has 0 amide bonds. The largest absolute Gasteiger partial charge is 0.497 e. The number of ether oxygens (including phenoxy) is 1. The number of methoxy groups -OCH3 is 1. The summed E-state index contributed by atoms with van der Waals surface area (Å²) in [7, 11) is 1.70. The average molecular weight is 262 g/mol. The van der Waals surface area contributed by atoms with Crippen molar-refractivity contribution in [3.05, 3.63) is 84.0 Å². The van der Waals surface area contributed by atoms with Gasteiger partial charge >= 0.3 is 0 Å². The molecule has 0 spiro atoms. The van der Waals surface area contributed by atoms with Gasteiger partial charge < -0.3 is 4.74 Å². The molecule has 0 heterocycles. The summed E-state index contributed by atoms with van der Waals surface area (Å²) >= 11 is 0. The molecule has 0 saturated heterocycles. The first-order valence-corrected chi connectivity index (χ1v) is 6.88. The molecule has 0 saturated carbocycles. The van der Waals surface area contributed by atoms with Gasteiger partial charge in [0.05, 0.1) is 7.11 Å². The molecule has 0 aliphatic heterocycles. The molecular formula is C19H18O. The smallest absolute Gasteiger partial charge is 0.118 e. The van der Waals surface area contributed by atoms with E-state index in [4.69, 9.17) is 4.74 Å². The van der Waals surface area contributed by atoms with E-state index in [-0.39, 0.29) is 0 Å². The predicted molar refractivity (Wildman–Crippen MR) is 83.9 cm³/mol. The standard InChI is InChI=1S/C19H18O/c1-14(15-6-4-3-5-7-15)18-12-13-19(18)16-8-10-17(20-2)11-9-16/h3-12,19H,1,13H2,2H3.